The standard InChI is InChI=1S/C40H45N9O5/c1-2-3-27-22-35(49-34(43-27)14-17-42-49)44-28-6-7-29(20-28)45-37(51)25-4-9-30(10-5-25)47-18-15-24(16-19-47)23-41-26-8-11-31-32(21-26)40(54)48(39(31)53)33-12-13-36(50)46-38(33)52/h4-5,8-11,14,17,21-22,24,28-29,33,41,44H,2-3,6-7,12-13,15-16,18-20,23H2,1H3,(H,45,51)(H,46,50,52)/t28-,29-,33?/m1/s1. The summed E-state index contributed by atoms with van der Waals surface area (Å²) in [6.45, 7) is 4.64. The Hall–Kier alpha value is -5.79. The number of carbonyl (C=O) groups excluding carboxylic acids is 5. The predicted octanol–water partition coefficient (Wildman–Crippen LogP) is 4.17. The number of amides is 5. The third-order valence-corrected chi connectivity index (χ3v) is 11.2. The molecule has 3 fully saturated rings. The first-order chi connectivity index (χ1) is 26.2. The van der Waals surface area contributed by atoms with E-state index in [4.69, 9.17) is 4.98 Å². The third-order valence-electron chi connectivity index (χ3n) is 11.2. The number of benzene rings is 2. The molecule has 5 amide bonds. The summed E-state index contributed by atoms with van der Waals surface area (Å²) >= 11 is 0. The molecule has 1 saturated carbocycles. The van der Waals surface area contributed by atoms with Crippen molar-refractivity contribution in [3.63, 3.8) is 0 Å². The lowest BCUT2D eigenvalue weighted by Gasteiger charge is -2.34. The molecule has 5 heterocycles. The van der Waals surface area contributed by atoms with Crippen LogP contribution in [0, 0.1) is 5.92 Å². The smallest absolute Gasteiger partial charge is 0.262 e. The Morgan fingerprint density at radius 3 is 2.44 bits per heavy atom. The Labute approximate surface area is 313 Å². The van der Waals surface area contributed by atoms with Crippen molar-refractivity contribution in [2.45, 2.75) is 82.8 Å². The summed E-state index contributed by atoms with van der Waals surface area (Å²) in [5.41, 5.74) is 4.92. The number of nitrogens with one attached hydrogen (secondary N) is 4. The number of aromatic nitrogens is 3. The Balaban J connectivity index is 0.792. The lowest BCUT2D eigenvalue weighted by atomic mass is 9.96. The van der Waals surface area contributed by atoms with Gasteiger partial charge in [0, 0.05) is 72.9 Å². The van der Waals surface area contributed by atoms with Crippen molar-refractivity contribution >= 4 is 52.4 Å². The van der Waals surface area contributed by atoms with Gasteiger partial charge < -0.3 is 20.9 Å². The number of fused-ring (bicyclic) bond motifs is 2. The molecule has 0 radical (unpaired) electrons. The molecule has 0 spiro atoms. The quantitative estimate of drug-likeness (QED) is 0.164. The van der Waals surface area contributed by atoms with E-state index < -0.39 is 29.7 Å². The van der Waals surface area contributed by atoms with Gasteiger partial charge in [-0.25, -0.2) is 4.98 Å². The van der Waals surface area contributed by atoms with E-state index in [-0.39, 0.29) is 42.0 Å². The van der Waals surface area contributed by atoms with Gasteiger partial charge in [-0.2, -0.15) is 9.61 Å². The van der Waals surface area contributed by atoms with E-state index in [1.807, 2.05) is 34.8 Å². The van der Waals surface area contributed by atoms with Crippen molar-refractivity contribution in [1.29, 1.82) is 0 Å². The lowest BCUT2D eigenvalue weighted by Crippen LogP contribution is -2.54. The fourth-order valence-corrected chi connectivity index (χ4v) is 8.24. The van der Waals surface area contributed by atoms with Crippen LogP contribution in [0.5, 0.6) is 0 Å². The Morgan fingerprint density at radius 1 is 0.889 bits per heavy atom. The first-order valence-electron chi connectivity index (χ1n) is 19.1. The molecule has 3 atom stereocenters. The maximum atomic E-state index is 13.2. The minimum Gasteiger partial charge on any atom is -0.385 e. The molecule has 280 valence electrons. The third kappa shape index (κ3) is 7.12. The number of hydrogen-bond acceptors (Lipinski definition) is 10. The molecule has 1 aliphatic carbocycles. The van der Waals surface area contributed by atoms with E-state index in [0.717, 1.165) is 98.0 Å². The summed E-state index contributed by atoms with van der Waals surface area (Å²) in [6, 6.07) is 16.3. The molecule has 14 heteroatoms. The van der Waals surface area contributed by atoms with E-state index in [2.05, 4.69) is 44.3 Å². The van der Waals surface area contributed by atoms with Crippen molar-refractivity contribution in [2.75, 3.05) is 35.2 Å². The molecule has 2 aromatic heterocycles. The highest BCUT2D eigenvalue weighted by Gasteiger charge is 2.44. The molecule has 14 nitrogen and oxygen atoms in total. The van der Waals surface area contributed by atoms with Crippen molar-refractivity contribution in [3.8, 4) is 0 Å². The van der Waals surface area contributed by atoms with Crippen LogP contribution < -0.4 is 26.2 Å². The molecule has 2 saturated heterocycles. The highest BCUT2D eigenvalue weighted by atomic mass is 16.2. The topological polar surface area (TPSA) is 170 Å². The maximum absolute atomic E-state index is 13.2. The van der Waals surface area contributed by atoms with E-state index in [1.165, 1.54) is 0 Å². The summed E-state index contributed by atoms with van der Waals surface area (Å²) in [5.74, 6) is -0.723. The van der Waals surface area contributed by atoms with E-state index in [9.17, 15) is 24.0 Å². The van der Waals surface area contributed by atoms with Crippen molar-refractivity contribution in [2.24, 2.45) is 5.92 Å². The average Bonchev–Trinajstić information content (AvgIpc) is 3.90. The Morgan fingerprint density at radius 2 is 1.67 bits per heavy atom. The summed E-state index contributed by atoms with van der Waals surface area (Å²) < 4.78 is 1.85. The van der Waals surface area contributed by atoms with Gasteiger partial charge in [0.2, 0.25) is 11.8 Å². The molecular weight excluding hydrogens is 686 g/mol. The Bertz CT molecular complexity index is 2110. The van der Waals surface area contributed by atoms with Gasteiger partial charge in [-0.3, -0.25) is 34.2 Å². The van der Waals surface area contributed by atoms with Crippen LogP contribution in [0.3, 0.4) is 0 Å². The van der Waals surface area contributed by atoms with Crippen LogP contribution in [0.15, 0.2) is 60.8 Å². The fourth-order valence-electron chi connectivity index (χ4n) is 8.24. The van der Waals surface area contributed by atoms with Crippen molar-refractivity contribution < 1.29 is 24.0 Å². The number of aryl methyl sites for hydroxylation is 1. The highest BCUT2D eigenvalue weighted by molar-refractivity contribution is 6.23. The normalized spacial score (nSPS) is 21.8. The molecule has 4 N–H and O–H groups in total. The van der Waals surface area contributed by atoms with Crippen LogP contribution in [0.4, 0.5) is 17.2 Å². The van der Waals surface area contributed by atoms with Gasteiger partial charge in [0.1, 0.15) is 11.9 Å². The monoisotopic (exact) mass is 731 g/mol. The van der Waals surface area contributed by atoms with Crippen LogP contribution >= 0.6 is 0 Å². The summed E-state index contributed by atoms with van der Waals surface area (Å²) in [5, 5.41) is 17.0. The minimum atomic E-state index is -0.980. The highest BCUT2D eigenvalue weighted by Crippen LogP contribution is 2.31. The van der Waals surface area contributed by atoms with E-state index in [1.54, 1.807) is 24.4 Å². The zero-order valence-electron chi connectivity index (χ0n) is 30.3. The SMILES string of the molecule is CCCc1cc(N[C@@H]2CC[C@@H](NC(=O)c3ccc(N4CCC(CNc5ccc6c(c5)C(=O)N(C5CCC(=O)NC5=O)C6=O)CC4)cc3)C2)n2nccc2n1. The number of imide groups is 2. The van der Waals surface area contributed by atoms with E-state index >= 15 is 0 Å². The second-order valence-corrected chi connectivity index (χ2v) is 14.9. The first kappa shape index (κ1) is 35.3. The average molecular weight is 732 g/mol. The molecule has 4 aromatic rings. The maximum Gasteiger partial charge on any atom is 0.262 e. The summed E-state index contributed by atoms with van der Waals surface area (Å²) in [6.07, 6.45) is 8.59. The number of hydrogen-bond donors (Lipinski definition) is 4. The van der Waals surface area contributed by atoms with Gasteiger partial charge >= 0.3 is 0 Å². The number of carbonyl (C=O) groups is 5. The molecule has 8 rings (SSSR count). The molecule has 2 aromatic carbocycles. The summed E-state index contributed by atoms with van der Waals surface area (Å²) in [7, 11) is 0. The van der Waals surface area contributed by atoms with Crippen LogP contribution in [-0.4, -0.2) is 86.8 Å². The number of piperidine rings is 2. The first-order valence-corrected chi connectivity index (χ1v) is 19.1. The second kappa shape index (κ2) is 14.9. The predicted molar refractivity (Wildman–Crippen MR) is 202 cm³/mol. The van der Waals surface area contributed by atoms with Gasteiger partial charge in [-0.05, 0) is 93.3 Å². The summed E-state index contributed by atoms with van der Waals surface area (Å²) in [4.78, 5) is 71.4. The number of nitrogens with zero attached hydrogens (tertiary/aromatic N) is 5. The molecule has 0 bridgehead atoms. The minimum absolute atomic E-state index is 0.0538. The van der Waals surface area contributed by atoms with Crippen molar-refractivity contribution in [1.82, 2.24) is 30.1 Å². The number of anilines is 3. The largest absolute Gasteiger partial charge is 0.385 e. The molecule has 4 aliphatic rings. The lowest BCUT2D eigenvalue weighted by molar-refractivity contribution is -0.136. The molecule has 54 heavy (non-hydrogen) atoms. The van der Waals surface area contributed by atoms with Crippen LogP contribution in [-0.2, 0) is 16.0 Å². The second-order valence-electron chi connectivity index (χ2n) is 14.9. The fraction of sp³-hybridized carbons (Fsp3) is 0.425. The van der Waals surface area contributed by atoms with Gasteiger partial charge in [-0.1, -0.05) is 13.3 Å². The van der Waals surface area contributed by atoms with Gasteiger partial charge in [0.05, 0.1) is 17.3 Å². The number of rotatable bonds is 11. The van der Waals surface area contributed by atoms with Crippen LogP contribution in [0.25, 0.3) is 5.65 Å². The zero-order valence-corrected chi connectivity index (χ0v) is 30.3. The van der Waals surface area contributed by atoms with Crippen LogP contribution in [0.2, 0.25) is 0 Å². The molecule has 1 unspecified atom stereocenters. The van der Waals surface area contributed by atoms with E-state index in [0.29, 0.717) is 11.5 Å². The van der Waals surface area contributed by atoms with Gasteiger partial charge in [0.25, 0.3) is 17.7 Å². The van der Waals surface area contributed by atoms with Gasteiger partial charge in [0.15, 0.2) is 5.65 Å². The molecule has 3 aliphatic heterocycles. The molecular formula is C40H45N9O5. The zero-order chi connectivity index (χ0) is 37.3. The Kier molecular flexibility index (Phi) is 9.74. The van der Waals surface area contributed by atoms with Gasteiger partial charge in [-0.15, -0.1) is 0 Å². The van der Waals surface area contributed by atoms with Crippen LogP contribution in [0.1, 0.15) is 95.1 Å². The van der Waals surface area contributed by atoms with Crippen molar-refractivity contribution in [3.05, 3.63) is 83.2 Å².